The van der Waals surface area contributed by atoms with Gasteiger partial charge in [0.25, 0.3) is 5.56 Å². The van der Waals surface area contributed by atoms with E-state index in [0.717, 1.165) is 30.8 Å². The molecule has 2 heterocycles. The molecule has 1 aliphatic heterocycles. The number of rotatable bonds is 5. The average Bonchev–Trinajstić information content (AvgIpc) is 3.16. The second kappa shape index (κ2) is 7.97. The highest BCUT2D eigenvalue weighted by Crippen LogP contribution is 2.24. The summed E-state index contributed by atoms with van der Waals surface area (Å²) >= 11 is 6.24. The van der Waals surface area contributed by atoms with E-state index < -0.39 is 11.6 Å². The second-order valence-corrected chi connectivity index (χ2v) is 7.46. The van der Waals surface area contributed by atoms with Crippen LogP contribution in [0.2, 0.25) is 5.02 Å². The van der Waals surface area contributed by atoms with Gasteiger partial charge in [-0.05, 0) is 35.7 Å². The molecule has 3 aromatic rings. The summed E-state index contributed by atoms with van der Waals surface area (Å²) in [6.45, 7) is 3.71. The zero-order valence-corrected chi connectivity index (χ0v) is 16.5. The fraction of sp³-hybridized carbons (Fsp3) is 0.227. The maximum absolute atomic E-state index is 13.8. The van der Waals surface area contributed by atoms with Crippen LogP contribution in [0.4, 0.5) is 8.78 Å². The number of hydrogen-bond donors (Lipinski definition) is 1. The van der Waals surface area contributed by atoms with Gasteiger partial charge in [-0.15, -0.1) is 0 Å². The first-order valence-corrected chi connectivity index (χ1v) is 9.58. The molecule has 0 fully saturated rings. The Morgan fingerprint density at radius 1 is 1.10 bits per heavy atom. The number of halogens is 3. The molecule has 4 rings (SSSR count). The van der Waals surface area contributed by atoms with Gasteiger partial charge in [-0.1, -0.05) is 29.8 Å². The summed E-state index contributed by atoms with van der Waals surface area (Å²) < 4.78 is 34.0. The van der Waals surface area contributed by atoms with E-state index in [1.807, 2.05) is 6.07 Å². The van der Waals surface area contributed by atoms with Crippen LogP contribution in [0.25, 0.3) is 0 Å². The van der Waals surface area contributed by atoms with Crippen LogP contribution >= 0.6 is 11.6 Å². The molecule has 2 aromatic carbocycles. The highest BCUT2D eigenvalue weighted by molar-refractivity contribution is 6.31. The molecule has 0 amide bonds. The smallest absolute Gasteiger partial charge is 0.273 e. The molecule has 0 saturated carbocycles. The molecule has 0 aliphatic carbocycles. The molecule has 0 atom stereocenters. The Bertz CT molecular complexity index is 1140. The Morgan fingerprint density at radius 2 is 1.90 bits per heavy atom. The van der Waals surface area contributed by atoms with E-state index in [1.54, 1.807) is 17.6 Å². The Labute approximate surface area is 171 Å². The Morgan fingerprint density at radius 3 is 2.69 bits per heavy atom. The lowest BCUT2D eigenvalue weighted by Crippen LogP contribution is -2.24. The van der Waals surface area contributed by atoms with Crippen LogP contribution < -0.4 is 15.6 Å². The third-order valence-electron chi connectivity index (χ3n) is 5.06. The molecule has 0 spiro atoms. The van der Waals surface area contributed by atoms with E-state index in [4.69, 9.17) is 16.3 Å². The van der Waals surface area contributed by atoms with E-state index in [-0.39, 0.29) is 28.5 Å². The van der Waals surface area contributed by atoms with Gasteiger partial charge in [0.05, 0.1) is 6.54 Å². The van der Waals surface area contributed by atoms with Gasteiger partial charge < -0.3 is 14.6 Å². The summed E-state index contributed by atoms with van der Waals surface area (Å²) in [5.41, 5.74) is 3.99. The van der Waals surface area contributed by atoms with Gasteiger partial charge in [0.15, 0.2) is 0 Å². The van der Waals surface area contributed by atoms with Crippen LogP contribution in [0.5, 0.6) is 5.75 Å². The van der Waals surface area contributed by atoms with Gasteiger partial charge in [-0.25, -0.2) is 8.78 Å². The minimum absolute atomic E-state index is 0.0686. The molecular formula is C22H19ClF2N2O2. The average molecular weight is 417 g/mol. The fourth-order valence-corrected chi connectivity index (χ4v) is 3.65. The predicted molar refractivity (Wildman–Crippen MR) is 107 cm³/mol. The molecule has 0 unspecified atom stereocenters. The summed E-state index contributed by atoms with van der Waals surface area (Å²) in [5, 5.41) is 3.23. The van der Waals surface area contributed by atoms with E-state index in [9.17, 15) is 13.6 Å². The van der Waals surface area contributed by atoms with Crippen molar-refractivity contribution in [3.63, 3.8) is 0 Å². The molecular weight excluding hydrogens is 398 g/mol. The monoisotopic (exact) mass is 416 g/mol. The zero-order valence-electron chi connectivity index (χ0n) is 15.8. The van der Waals surface area contributed by atoms with Crippen LogP contribution in [-0.2, 0) is 26.2 Å². The second-order valence-electron chi connectivity index (χ2n) is 7.09. The van der Waals surface area contributed by atoms with Gasteiger partial charge >= 0.3 is 0 Å². The van der Waals surface area contributed by atoms with Crippen molar-refractivity contribution in [3.05, 3.63) is 97.4 Å². The van der Waals surface area contributed by atoms with Crippen molar-refractivity contribution in [1.82, 2.24) is 9.88 Å². The number of ether oxygens (including phenoxy) is 1. The zero-order chi connectivity index (χ0) is 20.5. The van der Waals surface area contributed by atoms with Crippen molar-refractivity contribution < 1.29 is 13.5 Å². The fourth-order valence-electron chi connectivity index (χ4n) is 3.44. The summed E-state index contributed by atoms with van der Waals surface area (Å²) in [5.74, 6) is -1.20. The van der Waals surface area contributed by atoms with Crippen molar-refractivity contribution in [3.8, 4) is 5.75 Å². The Hall–Kier alpha value is -2.70. The van der Waals surface area contributed by atoms with E-state index in [0.29, 0.717) is 12.2 Å². The number of hydrogen-bond acceptors (Lipinski definition) is 3. The van der Waals surface area contributed by atoms with Gasteiger partial charge in [-0.2, -0.15) is 0 Å². The number of nitrogens with zero attached hydrogens (tertiary/aromatic N) is 1. The third kappa shape index (κ3) is 4.04. The van der Waals surface area contributed by atoms with Gasteiger partial charge in [0.2, 0.25) is 0 Å². The minimum Gasteiger partial charge on any atom is -0.487 e. The molecule has 0 radical (unpaired) electrons. The van der Waals surface area contributed by atoms with E-state index in [2.05, 4.69) is 17.4 Å². The Kier molecular flexibility index (Phi) is 5.39. The van der Waals surface area contributed by atoms with Crippen molar-refractivity contribution >= 4 is 11.6 Å². The summed E-state index contributed by atoms with van der Waals surface area (Å²) in [7, 11) is 0. The first-order valence-electron chi connectivity index (χ1n) is 9.20. The topological polar surface area (TPSA) is 43.3 Å². The molecule has 1 aliphatic rings. The van der Waals surface area contributed by atoms with Crippen molar-refractivity contribution in [1.29, 1.82) is 0 Å². The summed E-state index contributed by atoms with van der Waals surface area (Å²) in [4.78, 5) is 12.8. The molecule has 7 heteroatoms. The molecule has 1 N–H and O–H groups in total. The molecule has 4 nitrogen and oxygen atoms in total. The predicted octanol–water partition coefficient (Wildman–Crippen LogP) is 4.32. The van der Waals surface area contributed by atoms with E-state index >= 15 is 0 Å². The lowest BCUT2D eigenvalue weighted by atomic mass is 10.1. The number of nitrogens with one attached hydrogen (secondary N) is 1. The van der Waals surface area contributed by atoms with E-state index in [1.165, 1.54) is 17.2 Å². The number of pyridine rings is 1. The van der Waals surface area contributed by atoms with Crippen LogP contribution in [0, 0.1) is 18.6 Å². The van der Waals surface area contributed by atoms with Crippen molar-refractivity contribution in [2.75, 3.05) is 0 Å². The van der Waals surface area contributed by atoms with Gasteiger partial charge in [-0.3, -0.25) is 4.79 Å². The molecule has 1 aromatic heterocycles. The van der Waals surface area contributed by atoms with Gasteiger partial charge in [0, 0.05) is 36.5 Å². The van der Waals surface area contributed by atoms with Crippen LogP contribution in [0.15, 0.2) is 47.3 Å². The van der Waals surface area contributed by atoms with Gasteiger partial charge in [0.1, 0.15) is 29.0 Å². The molecule has 0 bridgehead atoms. The van der Waals surface area contributed by atoms with Crippen LogP contribution in [-0.4, -0.2) is 4.57 Å². The van der Waals surface area contributed by atoms with Crippen molar-refractivity contribution in [2.45, 2.75) is 33.2 Å². The van der Waals surface area contributed by atoms with Crippen LogP contribution in [0.1, 0.15) is 27.9 Å². The first-order chi connectivity index (χ1) is 13.9. The number of benzene rings is 2. The first kappa shape index (κ1) is 19.6. The highest BCUT2D eigenvalue weighted by Gasteiger charge is 2.15. The minimum atomic E-state index is -0.711. The molecule has 150 valence electrons. The summed E-state index contributed by atoms with van der Waals surface area (Å²) in [6.07, 6.45) is 0. The summed E-state index contributed by atoms with van der Waals surface area (Å²) in [6, 6.07) is 11.1. The molecule has 29 heavy (non-hydrogen) atoms. The number of aryl methyl sites for hydroxylation is 1. The molecule has 0 saturated heterocycles. The lowest BCUT2D eigenvalue weighted by Gasteiger charge is -2.15. The standard InChI is InChI=1S/C22H19ClF2N2O2/c1-13-6-20(29-12-16-4-5-18(24)8-19(16)25)21(23)22(28)27(13)11-14-2-3-15-9-26-10-17(15)7-14/h2-8,26H,9-12H2,1H3. The van der Waals surface area contributed by atoms with Crippen molar-refractivity contribution in [2.24, 2.45) is 0 Å². The Balaban J connectivity index is 1.56. The normalized spacial score (nSPS) is 12.8. The third-order valence-corrected chi connectivity index (χ3v) is 5.40. The quantitative estimate of drug-likeness (QED) is 0.673. The maximum Gasteiger partial charge on any atom is 0.273 e. The number of fused-ring (bicyclic) bond motifs is 1. The number of aromatic nitrogens is 1. The maximum atomic E-state index is 13.8. The highest BCUT2D eigenvalue weighted by atomic mass is 35.5. The lowest BCUT2D eigenvalue weighted by molar-refractivity contribution is 0.298. The SMILES string of the molecule is Cc1cc(OCc2ccc(F)cc2F)c(Cl)c(=O)n1Cc1ccc2c(c1)CNC2. The largest absolute Gasteiger partial charge is 0.487 e. The van der Waals surface area contributed by atoms with Crippen LogP contribution in [0.3, 0.4) is 0 Å².